The van der Waals surface area contributed by atoms with Crippen LogP contribution in [0.2, 0.25) is 0 Å². The zero-order valence-corrected chi connectivity index (χ0v) is 42.0. The molecule has 0 saturated heterocycles. The van der Waals surface area contributed by atoms with E-state index in [4.69, 9.17) is 15.7 Å². The number of aromatic amines is 1. The fraction of sp³-hybridized carbons (Fsp3) is 0.522. The van der Waals surface area contributed by atoms with Crippen LogP contribution in [0.5, 0.6) is 0 Å². The number of urea groups is 1. The van der Waals surface area contributed by atoms with E-state index in [1.54, 1.807) is 64.2 Å². The Labute approximate surface area is 419 Å². The van der Waals surface area contributed by atoms with Crippen LogP contribution in [0.3, 0.4) is 0 Å². The molecule has 14 N–H and O–H groups in total. The highest BCUT2D eigenvalue weighted by Crippen LogP contribution is 2.24. The van der Waals surface area contributed by atoms with E-state index in [1.165, 1.54) is 6.92 Å². The number of fused-ring (bicyclic) bond motifs is 1. The molecule has 8 amide bonds. The number of nitrogens with two attached hydrogens (primary N) is 1. The summed E-state index contributed by atoms with van der Waals surface area (Å²) in [4.78, 5) is 112. The van der Waals surface area contributed by atoms with Gasteiger partial charge in [-0.1, -0.05) is 83.0 Å². The average Bonchev–Trinajstić information content (AvgIpc) is 3.72. The molecule has 0 aliphatic carbocycles. The first-order valence-corrected chi connectivity index (χ1v) is 25.5. The number of rotatable bonds is 31. The van der Waals surface area contributed by atoms with E-state index in [1.807, 2.05) is 24.3 Å². The summed E-state index contributed by atoms with van der Waals surface area (Å²) in [5, 5.41) is 51.4. The number of aliphatic carboxylic acids is 1. The molecule has 25 heteroatoms. The molecule has 3 rings (SSSR count). The van der Waals surface area contributed by atoms with Crippen LogP contribution in [-0.4, -0.2) is 147 Å². The Kier molecular flexibility index (Phi) is 25.5. The number of carboxylic acid groups (broad SMARTS) is 1. The molecular formula is C46H68N10O13S2. The second-order valence-electron chi connectivity index (χ2n) is 17.3. The number of unbranched alkanes of at least 4 members (excludes halogenated alkanes) is 2. The second-order valence-corrected chi connectivity index (χ2v) is 19.9. The molecule has 0 bridgehead atoms. The van der Waals surface area contributed by atoms with Crippen LogP contribution in [0.4, 0.5) is 9.59 Å². The van der Waals surface area contributed by atoms with Crippen molar-refractivity contribution < 1.29 is 63.5 Å². The second kappa shape index (κ2) is 30.6. The number of aliphatic hydroxyl groups is 1. The Hall–Kier alpha value is -6.12. The van der Waals surface area contributed by atoms with Crippen molar-refractivity contribution in [2.24, 2.45) is 5.73 Å². The maximum Gasteiger partial charge on any atom is 0.407 e. The monoisotopic (exact) mass is 1030 g/mol. The van der Waals surface area contributed by atoms with Crippen LogP contribution in [0, 0.1) is 0 Å². The van der Waals surface area contributed by atoms with Gasteiger partial charge in [-0.25, -0.2) is 19.3 Å². The molecule has 0 radical (unpaired) electrons. The lowest BCUT2D eigenvalue weighted by Crippen LogP contribution is -2.60. The van der Waals surface area contributed by atoms with Gasteiger partial charge in [-0.05, 0) is 71.1 Å². The molecule has 0 unspecified atom stereocenters. The van der Waals surface area contributed by atoms with Crippen molar-refractivity contribution >= 4 is 80.1 Å². The van der Waals surface area contributed by atoms with E-state index < -0.39 is 102 Å². The van der Waals surface area contributed by atoms with Gasteiger partial charge in [0.1, 0.15) is 42.5 Å². The van der Waals surface area contributed by atoms with Gasteiger partial charge in [0.2, 0.25) is 29.5 Å². The lowest BCUT2D eigenvalue weighted by Gasteiger charge is -2.27. The summed E-state index contributed by atoms with van der Waals surface area (Å²) in [6.07, 6.45) is 1.12. The molecule has 1 aromatic heterocycles. The van der Waals surface area contributed by atoms with Gasteiger partial charge in [-0.3, -0.25) is 34.5 Å². The number of alkyl carbamates (subject to hydrolysis) is 1. The number of aromatic nitrogens is 1. The van der Waals surface area contributed by atoms with Gasteiger partial charge >= 0.3 is 18.1 Å². The molecule has 392 valence electrons. The molecule has 23 nitrogen and oxygen atoms in total. The molecule has 3 aromatic rings. The summed E-state index contributed by atoms with van der Waals surface area (Å²) in [6, 6.07) is 7.72. The van der Waals surface area contributed by atoms with Crippen LogP contribution >= 0.6 is 21.6 Å². The van der Waals surface area contributed by atoms with Gasteiger partial charge in [0.05, 0.1) is 12.1 Å². The van der Waals surface area contributed by atoms with Crippen molar-refractivity contribution in [3.8, 4) is 0 Å². The number of benzene rings is 2. The summed E-state index contributed by atoms with van der Waals surface area (Å²) in [7, 11) is 1.90. The topological polar surface area (TPSA) is 354 Å². The van der Waals surface area contributed by atoms with Crippen molar-refractivity contribution in [1.29, 1.82) is 0 Å². The highest BCUT2D eigenvalue weighted by Gasteiger charge is 2.34. The predicted octanol–water partition coefficient (Wildman–Crippen LogP) is 1.40. The zero-order chi connectivity index (χ0) is 52.5. The van der Waals surface area contributed by atoms with Gasteiger partial charge in [0.15, 0.2) is 0 Å². The third kappa shape index (κ3) is 21.8. The first-order chi connectivity index (χ1) is 33.7. The standard InChI is InChI=1S/C46H68N10O13S2/c1-6-48-44(65)55-34(21-28-15-9-7-10-16-28)41(61)53-35(38(47)58)24-70-71-25-36(43(63)64)54-42(62)37(27(2)57)56-39(59)32(19-11-8-14-20-49-45(66)69-46(3,4)5)52-40(60)33(51-26-68-67)22-29-23-50-31-18-13-12-17-30(29)31/h7,9-10,12-13,15-18,23,27,32-37,50-51,57,67H,6,8,11,14,19-22,24-26H2,1-5H3,(H2,47,58)(H,49,66)(H,52,60)(H,53,61)(H,54,62)(H,56,59)(H,63,64)(H2,48,55,65)/t27-,32+,33-,34-,35+,36+,37+/m1/s1. The van der Waals surface area contributed by atoms with E-state index in [2.05, 4.69) is 52.4 Å². The molecular weight excluding hydrogens is 965 g/mol. The Morgan fingerprint density at radius 3 is 1.99 bits per heavy atom. The van der Waals surface area contributed by atoms with E-state index in [-0.39, 0.29) is 37.3 Å². The predicted molar refractivity (Wildman–Crippen MR) is 268 cm³/mol. The van der Waals surface area contributed by atoms with Crippen LogP contribution in [0.15, 0.2) is 60.8 Å². The number of hydrogen-bond donors (Lipinski definition) is 13. The minimum Gasteiger partial charge on any atom is -0.480 e. The molecule has 0 fully saturated rings. The van der Waals surface area contributed by atoms with E-state index in [9.17, 15) is 48.6 Å². The van der Waals surface area contributed by atoms with Gasteiger partial charge in [0.25, 0.3) is 0 Å². The third-order valence-electron chi connectivity index (χ3n) is 10.4. The summed E-state index contributed by atoms with van der Waals surface area (Å²) >= 11 is 0. The summed E-state index contributed by atoms with van der Waals surface area (Å²) in [6.45, 7) is 8.23. The van der Waals surface area contributed by atoms with Gasteiger partial charge in [0, 0.05) is 48.1 Å². The number of carbonyl (C=O) groups is 8. The minimum absolute atomic E-state index is 0.0330. The van der Waals surface area contributed by atoms with Crippen molar-refractivity contribution in [2.45, 2.75) is 121 Å². The molecule has 2 aromatic carbocycles. The first kappa shape index (κ1) is 59.2. The fourth-order valence-corrected chi connectivity index (χ4v) is 9.17. The molecule has 0 spiro atoms. The number of aliphatic hydroxyl groups excluding tert-OH is 1. The normalized spacial score (nSPS) is 14.3. The van der Waals surface area contributed by atoms with Crippen LogP contribution in [0.25, 0.3) is 10.9 Å². The molecule has 0 aliphatic heterocycles. The quantitative estimate of drug-likeness (QED) is 0.0142. The third-order valence-corrected chi connectivity index (χ3v) is 12.8. The SMILES string of the molecule is CCNC(=O)N[C@H](Cc1ccccc1)C(=O)N[C@@H](CSSC[C@H](NC(=O)[C@@H](NC(=O)[C@H](CCCCCNC(=O)OC(C)(C)C)NC(=O)[C@@H](Cc1c[nH]c2ccccc12)NCOO)[C@@H](C)O)C(=O)O)C(N)=O. The van der Waals surface area contributed by atoms with Crippen LogP contribution in [-0.2, 0) is 51.2 Å². The maximum atomic E-state index is 14.0. The Bertz CT molecular complexity index is 2210. The molecule has 1 heterocycles. The Morgan fingerprint density at radius 2 is 1.35 bits per heavy atom. The average molecular weight is 1030 g/mol. The number of amides is 8. The highest BCUT2D eigenvalue weighted by atomic mass is 33.1. The summed E-state index contributed by atoms with van der Waals surface area (Å²) in [5.41, 5.74) is 7.21. The zero-order valence-electron chi connectivity index (χ0n) is 40.4. The highest BCUT2D eigenvalue weighted by molar-refractivity contribution is 8.76. The number of carbonyl (C=O) groups excluding carboxylic acids is 7. The maximum absolute atomic E-state index is 14.0. The summed E-state index contributed by atoms with van der Waals surface area (Å²) in [5.74, 6) is -6.07. The molecule has 7 atom stereocenters. The number of hydrogen-bond acceptors (Lipinski definition) is 15. The van der Waals surface area contributed by atoms with E-state index in [0.29, 0.717) is 25.8 Å². The van der Waals surface area contributed by atoms with Crippen molar-refractivity contribution in [3.05, 3.63) is 71.9 Å². The smallest absolute Gasteiger partial charge is 0.407 e. The minimum atomic E-state index is -1.70. The number of carboxylic acids is 1. The number of primary amides is 1. The Morgan fingerprint density at radius 1 is 0.732 bits per heavy atom. The number of ether oxygens (including phenoxy) is 1. The van der Waals surface area contributed by atoms with Gasteiger partial charge < -0.3 is 62.9 Å². The Balaban J connectivity index is 1.69. The van der Waals surface area contributed by atoms with Crippen LogP contribution < -0.4 is 48.3 Å². The fourth-order valence-electron chi connectivity index (χ4n) is 6.84. The number of nitrogens with one attached hydrogen (secondary N) is 9. The van der Waals surface area contributed by atoms with Crippen molar-refractivity contribution in [2.75, 3.05) is 31.3 Å². The summed E-state index contributed by atoms with van der Waals surface area (Å²) < 4.78 is 5.26. The number of para-hydroxylation sites is 1. The largest absolute Gasteiger partial charge is 0.480 e. The van der Waals surface area contributed by atoms with Crippen molar-refractivity contribution in [3.63, 3.8) is 0 Å². The van der Waals surface area contributed by atoms with Gasteiger partial charge in [-0.2, -0.15) is 0 Å². The van der Waals surface area contributed by atoms with Crippen molar-refractivity contribution in [1.82, 2.24) is 47.5 Å². The first-order valence-electron chi connectivity index (χ1n) is 23.0. The van der Waals surface area contributed by atoms with Crippen LogP contribution in [0.1, 0.15) is 71.4 Å². The lowest BCUT2D eigenvalue weighted by molar-refractivity contribution is -0.248. The molecule has 71 heavy (non-hydrogen) atoms. The van der Waals surface area contributed by atoms with E-state index in [0.717, 1.165) is 43.6 Å². The molecule has 0 saturated carbocycles. The molecule has 0 aliphatic rings. The number of H-pyrrole nitrogens is 1. The van der Waals surface area contributed by atoms with Gasteiger partial charge in [-0.15, -0.1) is 0 Å². The van der Waals surface area contributed by atoms with E-state index >= 15 is 0 Å². The lowest BCUT2D eigenvalue weighted by atomic mass is 10.0.